The van der Waals surface area contributed by atoms with E-state index in [1.54, 1.807) is 0 Å². The van der Waals surface area contributed by atoms with Crippen molar-refractivity contribution in [1.29, 1.82) is 0 Å². The van der Waals surface area contributed by atoms with E-state index in [9.17, 15) is 4.79 Å². The maximum atomic E-state index is 12.6. The number of ketones is 1. The second-order valence-electron chi connectivity index (χ2n) is 4.52. The van der Waals surface area contributed by atoms with Gasteiger partial charge in [-0.3, -0.25) is 4.79 Å². The first-order valence-corrected chi connectivity index (χ1v) is 7.72. The summed E-state index contributed by atoms with van der Waals surface area (Å²) in [6.45, 7) is 0. The molecule has 0 bridgehead atoms. The molecule has 3 aromatic rings. The first-order valence-electron chi connectivity index (χ1n) is 6.14. The fourth-order valence-electron chi connectivity index (χ4n) is 2.16. The van der Waals surface area contributed by atoms with Crippen LogP contribution in [0.4, 0.5) is 0 Å². The Hall–Kier alpha value is -1.45. The van der Waals surface area contributed by atoms with Gasteiger partial charge in [-0.2, -0.15) is 0 Å². The maximum Gasteiger partial charge on any atom is 0.194 e. The van der Waals surface area contributed by atoms with Gasteiger partial charge in [-0.05, 0) is 35.0 Å². The van der Waals surface area contributed by atoms with Crippen LogP contribution in [0.25, 0.3) is 10.8 Å². The van der Waals surface area contributed by atoms with Crippen LogP contribution in [0.1, 0.15) is 15.9 Å². The Labute approximate surface area is 133 Å². The number of rotatable bonds is 2. The predicted octanol–water partition coefficient (Wildman–Crippen LogP) is 5.60. The minimum Gasteiger partial charge on any atom is -0.289 e. The van der Waals surface area contributed by atoms with Crippen molar-refractivity contribution in [1.82, 2.24) is 0 Å². The zero-order chi connectivity index (χ0) is 14.1. The second kappa shape index (κ2) is 5.51. The number of hydrogen-bond donors (Lipinski definition) is 0. The Morgan fingerprint density at radius 2 is 1.55 bits per heavy atom. The van der Waals surface area contributed by atoms with Gasteiger partial charge >= 0.3 is 0 Å². The van der Waals surface area contributed by atoms with Gasteiger partial charge in [0.2, 0.25) is 0 Å². The number of carbonyl (C=O) groups is 1. The van der Waals surface area contributed by atoms with E-state index in [1.807, 2.05) is 60.7 Å². The third kappa shape index (κ3) is 2.56. The summed E-state index contributed by atoms with van der Waals surface area (Å²) in [6, 6.07) is 19.4. The van der Waals surface area contributed by atoms with Gasteiger partial charge < -0.3 is 0 Å². The molecule has 3 rings (SSSR count). The summed E-state index contributed by atoms with van der Waals surface area (Å²) in [5.41, 5.74) is 1.36. The van der Waals surface area contributed by atoms with Crippen LogP contribution in [0.15, 0.2) is 69.6 Å². The van der Waals surface area contributed by atoms with E-state index in [1.165, 1.54) is 0 Å². The van der Waals surface area contributed by atoms with Gasteiger partial charge in [0, 0.05) is 20.1 Å². The number of halogens is 2. The predicted molar refractivity (Wildman–Crippen MR) is 89.2 cm³/mol. The molecule has 3 heteroatoms. The Kier molecular flexibility index (Phi) is 3.72. The van der Waals surface area contributed by atoms with Crippen LogP contribution in [0.5, 0.6) is 0 Å². The van der Waals surface area contributed by atoms with Crippen LogP contribution in [-0.4, -0.2) is 5.78 Å². The van der Waals surface area contributed by atoms with Crippen LogP contribution in [-0.2, 0) is 0 Å². The lowest BCUT2D eigenvalue weighted by Gasteiger charge is -2.06. The molecule has 0 saturated carbocycles. The monoisotopic (exact) mass is 388 g/mol. The zero-order valence-electron chi connectivity index (χ0n) is 10.4. The lowest BCUT2D eigenvalue weighted by molar-refractivity contribution is 0.103. The summed E-state index contributed by atoms with van der Waals surface area (Å²) in [4.78, 5) is 12.6. The Balaban J connectivity index is 2.10. The van der Waals surface area contributed by atoms with E-state index < -0.39 is 0 Å². The molecular weight excluding hydrogens is 380 g/mol. The molecule has 0 aromatic heterocycles. The molecule has 1 nitrogen and oxygen atoms in total. The van der Waals surface area contributed by atoms with Crippen LogP contribution in [0.2, 0.25) is 0 Å². The highest BCUT2D eigenvalue weighted by molar-refractivity contribution is 9.11. The molecule has 98 valence electrons. The first-order chi connectivity index (χ1) is 9.65. The van der Waals surface area contributed by atoms with E-state index in [-0.39, 0.29) is 5.78 Å². The number of benzene rings is 3. The second-order valence-corrected chi connectivity index (χ2v) is 6.29. The summed E-state index contributed by atoms with van der Waals surface area (Å²) in [6.07, 6.45) is 0. The summed E-state index contributed by atoms with van der Waals surface area (Å²) in [5.74, 6) is 0.0175. The summed E-state index contributed by atoms with van der Waals surface area (Å²) >= 11 is 6.84. The molecule has 0 heterocycles. The van der Waals surface area contributed by atoms with Crippen molar-refractivity contribution in [3.63, 3.8) is 0 Å². The standard InChI is InChI=1S/C17H10Br2O/c18-14-7-8-16(19)15(10-14)17(20)13-6-5-11-3-1-2-4-12(11)9-13/h1-10H. The highest BCUT2D eigenvalue weighted by atomic mass is 79.9. The highest BCUT2D eigenvalue weighted by Crippen LogP contribution is 2.25. The van der Waals surface area contributed by atoms with Crippen molar-refractivity contribution in [2.45, 2.75) is 0 Å². The van der Waals surface area contributed by atoms with Crippen LogP contribution >= 0.6 is 31.9 Å². The Morgan fingerprint density at radius 1 is 0.800 bits per heavy atom. The van der Waals surface area contributed by atoms with Crippen LogP contribution in [0.3, 0.4) is 0 Å². The number of hydrogen-bond acceptors (Lipinski definition) is 1. The summed E-state index contributed by atoms with van der Waals surface area (Å²) in [5, 5.41) is 2.21. The van der Waals surface area contributed by atoms with Crippen molar-refractivity contribution < 1.29 is 4.79 Å². The zero-order valence-corrected chi connectivity index (χ0v) is 13.6. The molecule has 20 heavy (non-hydrogen) atoms. The number of fused-ring (bicyclic) bond motifs is 1. The molecule has 0 radical (unpaired) electrons. The van der Waals surface area contributed by atoms with Gasteiger partial charge in [0.1, 0.15) is 0 Å². The highest BCUT2D eigenvalue weighted by Gasteiger charge is 2.13. The molecule has 0 aliphatic heterocycles. The average Bonchev–Trinajstić information content (AvgIpc) is 2.48. The molecule has 0 fully saturated rings. The molecule has 0 spiro atoms. The van der Waals surface area contributed by atoms with Gasteiger partial charge in [0.05, 0.1) is 0 Å². The minimum absolute atomic E-state index is 0.0175. The molecule has 3 aromatic carbocycles. The molecule has 0 N–H and O–H groups in total. The molecule has 0 saturated heterocycles. The number of carbonyl (C=O) groups excluding carboxylic acids is 1. The van der Waals surface area contributed by atoms with Gasteiger partial charge in [-0.1, -0.05) is 68.3 Å². The fraction of sp³-hybridized carbons (Fsp3) is 0. The topological polar surface area (TPSA) is 17.1 Å². The van der Waals surface area contributed by atoms with Crippen LogP contribution in [0, 0.1) is 0 Å². The third-order valence-electron chi connectivity index (χ3n) is 3.18. The van der Waals surface area contributed by atoms with E-state index in [4.69, 9.17) is 0 Å². The lowest BCUT2D eigenvalue weighted by atomic mass is 10.00. The Bertz CT molecular complexity index is 809. The van der Waals surface area contributed by atoms with Gasteiger partial charge in [0.25, 0.3) is 0 Å². The molecular formula is C17H10Br2O. The minimum atomic E-state index is 0.0175. The average molecular weight is 390 g/mol. The molecule has 0 aliphatic rings. The molecule has 0 aliphatic carbocycles. The molecule has 0 unspecified atom stereocenters. The van der Waals surface area contributed by atoms with Crippen molar-refractivity contribution in [2.24, 2.45) is 0 Å². The third-order valence-corrected chi connectivity index (χ3v) is 4.37. The first kappa shape index (κ1) is 13.5. The van der Waals surface area contributed by atoms with E-state index >= 15 is 0 Å². The molecule has 0 amide bonds. The van der Waals surface area contributed by atoms with Gasteiger partial charge in [0.15, 0.2) is 5.78 Å². The molecule has 0 atom stereocenters. The summed E-state index contributed by atoms with van der Waals surface area (Å²) in [7, 11) is 0. The van der Waals surface area contributed by atoms with Crippen molar-refractivity contribution in [3.05, 3.63) is 80.7 Å². The quantitative estimate of drug-likeness (QED) is 0.521. The van der Waals surface area contributed by atoms with Gasteiger partial charge in [-0.15, -0.1) is 0 Å². The summed E-state index contributed by atoms with van der Waals surface area (Å²) < 4.78 is 1.70. The SMILES string of the molecule is O=C(c1ccc2ccccc2c1)c1cc(Br)ccc1Br. The smallest absolute Gasteiger partial charge is 0.194 e. The normalized spacial score (nSPS) is 10.7. The van der Waals surface area contributed by atoms with Crippen molar-refractivity contribution in [2.75, 3.05) is 0 Å². The fourth-order valence-corrected chi connectivity index (χ4v) is 2.95. The van der Waals surface area contributed by atoms with Gasteiger partial charge in [-0.25, -0.2) is 0 Å². The van der Waals surface area contributed by atoms with E-state index in [0.29, 0.717) is 11.1 Å². The van der Waals surface area contributed by atoms with Crippen LogP contribution < -0.4 is 0 Å². The largest absolute Gasteiger partial charge is 0.289 e. The van der Waals surface area contributed by atoms with E-state index in [2.05, 4.69) is 31.9 Å². The Morgan fingerprint density at radius 3 is 2.35 bits per heavy atom. The van der Waals surface area contributed by atoms with Crippen molar-refractivity contribution in [3.8, 4) is 0 Å². The lowest BCUT2D eigenvalue weighted by Crippen LogP contribution is -2.02. The van der Waals surface area contributed by atoms with Crippen molar-refractivity contribution >= 4 is 48.4 Å². The van der Waals surface area contributed by atoms with E-state index in [0.717, 1.165) is 19.7 Å². The maximum absolute atomic E-state index is 12.6.